The van der Waals surface area contributed by atoms with E-state index in [4.69, 9.17) is 0 Å². The van der Waals surface area contributed by atoms with E-state index in [1.54, 1.807) is 30.3 Å². The number of carbonyl (C=O) groups is 1. The van der Waals surface area contributed by atoms with Crippen LogP contribution in [0.15, 0.2) is 65.3 Å². The topological polar surface area (TPSA) is 98.7 Å². The molecule has 2 aromatic carbocycles. The first-order chi connectivity index (χ1) is 11.4. The van der Waals surface area contributed by atoms with Gasteiger partial charge in [-0.05, 0) is 24.3 Å². The SMILES string of the molecule is CN1/C(=C\C(=O)Nc2cccc(O)c2)Nc2ccccc2S1(=O)=O. The minimum absolute atomic E-state index is 0.0184. The van der Waals surface area contributed by atoms with Crippen molar-refractivity contribution in [1.29, 1.82) is 0 Å². The predicted octanol–water partition coefficient (Wildman–Crippen LogP) is 1.92. The number of phenols is 1. The number of para-hydroxylation sites is 1. The molecule has 0 saturated carbocycles. The van der Waals surface area contributed by atoms with Crippen molar-refractivity contribution in [2.45, 2.75) is 4.90 Å². The Hall–Kier alpha value is -3.00. The lowest BCUT2D eigenvalue weighted by Crippen LogP contribution is -2.35. The highest BCUT2D eigenvalue weighted by Crippen LogP contribution is 2.31. The van der Waals surface area contributed by atoms with Crippen LogP contribution >= 0.6 is 0 Å². The Morgan fingerprint density at radius 1 is 1.21 bits per heavy atom. The Balaban J connectivity index is 1.89. The summed E-state index contributed by atoms with van der Waals surface area (Å²) in [7, 11) is -2.35. The van der Waals surface area contributed by atoms with Crippen LogP contribution in [-0.4, -0.2) is 30.8 Å². The van der Waals surface area contributed by atoms with Crippen LogP contribution in [-0.2, 0) is 14.8 Å². The number of rotatable bonds is 2. The van der Waals surface area contributed by atoms with Crippen molar-refractivity contribution in [3.05, 3.63) is 60.4 Å². The number of anilines is 2. The number of sulfonamides is 1. The summed E-state index contributed by atoms with van der Waals surface area (Å²) in [5.41, 5.74) is 0.811. The number of carbonyl (C=O) groups excluding carboxylic acids is 1. The van der Waals surface area contributed by atoms with Crippen molar-refractivity contribution < 1.29 is 18.3 Å². The van der Waals surface area contributed by atoms with Gasteiger partial charge in [-0.25, -0.2) is 8.42 Å². The molecule has 0 fully saturated rings. The first-order valence-corrected chi connectivity index (χ1v) is 8.48. The molecule has 0 bridgehead atoms. The molecule has 1 heterocycles. The van der Waals surface area contributed by atoms with Gasteiger partial charge >= 0.3 is 0 Å². The summed E-state index contributed by atoms with van der Waals surface area (Å²) in [6, 6.07) is 12.5. The fraction of sp³-hybridized carbons (Fsp3) is 0.0625. The number of hydrogen-bond acceptors (Lipinski definition) is 5. The molecule has 1 aliphatic heterocycles. The normalized spacial score (nSPS) is 17.0. The maximum absolute atomic E-state index is 12.5. The zero-order valence-electron chi connectivity index (χ0n) is 12.7. The third-order valence-corrected chi connectivity index (χ3v) is 5.34. The Morgan fingerprint density at radius 2 is 1.96 bits per heavy atom. The van der Waals surface area contributed by atoms with Crippen molar-refractivity contribution in [1.82, 2.24) is 4.31 Å². The smallest absolute Gasteiger partial charge is 0.267 e. The van der Waals surface area contributed by atoms with Crippen molar-refractivity contribution in [2.75, 3.05) is 17.7 Å². The van der Waals surface area contributed by atoms with E-state index in [-0.39, 0.29) is 16.5 Å². The fourth-order valence-corrected chi connectivity index (χ4v) is 3.60. The van der Waals surface area contributed by atoms with Gasteiger partial charge in [0.25, 0.3) is 15.9 Å². The molecule has 124 valence electrons. The summed E-state index contributed by atoms with van der Waals surface area (Å²) in [5.74, 6) is -0.374. The van der Waals surface area contributed by atoms with Crippen molar-refractivity contribution in [3.63, 3.8) is 0 Å². The number of nitrogens with zero attached hydrogens (tertiary/aromatic N) is 1. The average molecular weight is 345 g/mol. The van der Waals surface area contributed by atoms with Crippen LogP contribution in [0.25, 0.3) is 0 Å². The lowest BCUT2D eigenvalue weighted by molar-refractivity contribution is -0.112. The van der Waals surface area contributed by atoms with Crippen LogP contribution in [0.1, 0.15) is 0 Å². The number of amides is 1. The van der Waals surface area contributed by atoms with E-state index in [2.05, 4.69) is 10.6 Å². The van der Waals surface area contributed by atoms with Gasteiger partial charge in [0.2, 0.25) is 0 Å². The van der Waals surface area contributed by atoms with Gasteiger partial charge in [0, 0.05) is 24.9 Å². The highest BCUT2D eigenvalue weighted by atomic mass is 32.2. The molecule has 0 spiro atoms. The predicted molar refractivity (Wildman–Crippen MR) is 89.8 cm³/mol. The fourth-order valence-electron chi connectivity index (χ4n) is 2.30. The van der Waals surface area contributed by atoms with Gasteiger partial charge < -0.3 is 15.7 Å². The van der Waals surface area contributed by atoms with E-state index in [0.717, 1.165) is 10.4 Å². The molecule has 2 aromatic rings. The number of hydrogen-bond donors (Lipinski definition) is 3. The summed E-state index contributed by atoms with van der Waals surface area (Å²) in [6.07, 6.45) is 1.15. The molecule has 0 aliphatic carbocycles. The Bertz CT molecular complexity index is 938. The number of fused-ring (bicyclic) bond motifs is 1. The summed E-state index contributed by atoms with van der Waals surface area (Å²) in [5, 5.41) is 14.9. The monoisotopic (exact) mass is 345 g/mol. The molecule has 1 amide bonds. The quantitative estimate of drug-likeness (QED) is 0.722. The molecular formula is C16H15N3O4S. The van der Waals surface area contributed by atoms with E-state index < -0.39 is 15.9 Å². The van der Waals surface area contributed by atoms with Crippen molar-refractivity contribution in [2.24, 2.45) is 0 Å². The van der Waals surface area contributed by atoms with E-state index in [1.807, 2.05) is 0 Å². The van der Waals surface area contributed by atoms with Gasteiger partial charge in [0.1, 0.15) is 16.5 Å². The highest BCUT2D eigenvalue weighted by molar-refractivity contribution is 7.89. The maximum atomic E-state index is 12.5. The van der Waals surface area contributed by atoms with Gasteiger partial charge in [0.15, 0.2) is 0 Å². The molecule has 0 unspecified atom stereocenters. The van der Waals surface area contributed by atoms with Gasteiger partial charge in [-0.3, -0.25) is 9.10 Å². The van der Waals surface area contributed by atoms with Crippen molar-refractivity contribution >= 4 is 27.3 Å². The zero-order chi connectivity index (χ0) is 17.3. The van der Waals surface area contributed by atoms with Crippen LogP contribution in [0.3, 0.4) is 0 Å². The zero-order valence-corrected chi connectivity index (χ0v) is 13.5. The number of phenolic OH excluding ortho intramolecular Hbond substituents is 1. The third kappa shape index (κ3) is 2.91. The summed E-state index contributed by atoms with van der Waals surface area (Å²) >= 11 is 0. The number of nitrogens with one attached hydrogen (secondary N) is 2. The molecule has 0 radical (unpaired) electrons. The van der Waals surface area contributed by atoms with E-state index in [0.29, 0.717) is 11.4 Å². The summed E-state index contributed by atoms with van der Waals surface area (Å²) in [4.78, 5) is 12.3. The second-order valence-electron chi connectivity index (χ2n) is 5.16. The van der Waals surface area contributed by atoms with Gasteiger partial charge in [-0.15, -0.1) is 0 Å². The standard InChI is InChI=1S/C16H15N3O4S/c1-19-15(10-16(21)17-11-5-4-6-12(20)9-11)18-13-7-2-3-8-14(13)24(19,22)23/h2-10,18,20H,1H3,(H,17,21)/b15-10-. The van der Waals surface area contributed by atoms with Crippen LogP contribution < -0.4 is 10.6 Å². The molecule has 24 heavy (non-hydrogen) atoms. The largest absolute Gasteiger partial charge is 0.508 e. The molecule has 3 N–H and O–H groups in total. The first-order valence-electron chi connectivity index (χ1n) is 7.04. The van der Waals surface area contributed by atoms with Gasteiger partial charge in [-0.1, -0.05) is 18.2 Å². The molecular weight excluding hydrogens is 330 g/mol. The molecule has 0 atom stereocenters. The summed E-state index contributed by atoms with van der Waals surface area (Å²) < 4.78 is 26.0. The molecule has 3 rings (SSSR count). The second-order valence-corrected chi connectivity index (χ2v) is 7.10. The third-order valence-electron chi connectivity index (χ3n) is 3.51. The van der Waals surface area contributed by atoms with Crippen LogP contribution in [0, 0.1) is 0 Å². The highest BCUT2D eigenvalue weighted by Gasteiger charge is 2.31. The molecule has 7 nitrogen and oxygen atoms in total. The van der Waals surface area contributed by atoms with Gasteiger partial charge in [0.05, 0.1) is 5.69 Å². The minimum atomic E-state index is -3.71. The number of aromatic hydroxyl groups is 1. The van der Waals surface area contributed by atoms with Crippen LogP contribution in [0.5, 0.6) is 5.75 Å². The molecule has 8 heteroatoms. The van der Waals surface area contributed by atoms with E-state index in [1.165, 1.54) is 25.2 Å². The molecule has 1 aliphatic rings. The number of benzene rings is 2. The van der Waals surface area contributed by atoms with Gasteiger partial charge in [-0.2, -0.15) is 0 Å². The maximum Gasteiger partial charge on any atom is 0.267 e. The Kier molecular flexibility index (Phi) is 3.90. The summed E-state index contributed by atoms with van der Waals surface area (Å²) in [6.45, 7) is 0. The minimum Gasteiger partial charge on any atom is -0.508 e. The average Bonchev–Trinajstić information content (AvgIpc) is 2.52. The molecule has 0 saturated heterocycles. The lowest BCUT2D eigenvalue weighted by atomic mass is 10.3. The van der Waals surface area contributed by atoms with Crippen molar-refractivity contribution in [3.8, 4) is 5.75 Å². The Labute approximate surface area is 139 Å². The van der Waals surface area contributed by atoms with E-state index in [9.17, 15) is 18.3 Å². The second kappa shape index (κ2) is 5.89. The van der Waals surface area contributed by atoms with Crippen LogP contribution in [0.2, 0.25) is 0 Å². The first kappa shape index (κ1) is 15.9. The van der Waals surface area contributed by atoms with E-state index >= 15 is 0 Å². The lowest BCUT2D eigenvalue weighted by Gasteiger charge is -2.29. The van der Waals surface area contributed by atoms with Crippen LogP contribution in [0.4, 0.5) is 11.4 Å². The molecule has 0 aromatic heterocycles. The Morgan fingerprint density at radius 3 is 2.71 bits per heavy atom.